The molecule has 0 aromatic carbocycles. The Bertz CT molecular complexity index is 272. The van der Waals surface area contributed by atoms with Crippen molar-refractivity contribution in [3.05, 3.63) is 22.4 Å². The van der Waals surface area contributed by atoms with Crippen LogP contribution in [0.25, 0.3) is 0 Å². The highest BCUT2D eigenvalue weighted by molar-refractivity contribution is 7.07. The summed E-state index contributed by atoms with van der Waals surface area (Å²) in [5, 5.41) is 13.8. The van der Waals surface area contributed by atoms with Gasteiger partial charge in [-0.15, -0.1) is 0 Å². The van der Waals surface area contributed by atoms with Crippen LogP contribution in [0.3, 0.4) is 0 Å². The quantitative estimate of drug-likeness (QED) is 0.793. The molecule has 92 valence electrons. The van der Waals surface area contributed by atoms with E-state index in [4.69, 9.17) is 0 Å². The van der Waals surface area contributed by atoms with E-state index < -0.39 is 0 Å². The Morgan fingerprint density at radius 2 is 2.06 bits per heavy atom. The number of hydrogen-bond acceptors (Lipinski definition) is 3. The minimum atomic E-state index is 0.0742. The lowest BCUT2D eigenvalue weighted by atomic mass is 9.83. The third kappa shape index (κ3) is 3.58. The van der Waals surface area contributed by atoms with Gasteiger partial charge in [0.1, 0.15) is 0 Å². The third-order valence-corrected chi connectivity index (χ3v) is 4.21. The lowest BCUT2D eigenvalue weighted by Gasteiger charge is -2.33. The smallest absolute Gasteiger partial charge is 0.0499 e. The van der Waals surface area contributed by atoms with E-state index in [1.54, 1.807) is 11.3 Å². The van der Waals surface area contributed by atoms with Gasteiger partial charge in [0.05, 0.1) is 0 Å². The average Bonchev–Trinajstić information content (AvgIpc) is 2.79. The van der Waals surface area contributed by atoms with Crippen LogP contribution in [-0.4, -0.2) is 30.2 Å². The highest BCUT2D eigenvalue weighted by atomic mass is 32.1. The SMILES string of the molecule is CCC(CC)(CO)CN(C)Cc1ccsc1. The molecule has 0 aliphatic carbocycles. The summed E-state index contributed by atoms with van der Waals surface area (Å²) in [6.07, 6.45) is 2.07. The summed E-state index contributed by atoms with van der Waals surface area (Å²) in [5.41, 5.74) is 1.44. The molecule has 2 nitrogen and oxygen atoms in total. The molecule has 0 unspecified atom stereocenters. The molecule has 0 saturated carbocycles. The van der Waals surface area contributed by atoms with Gasteiger partial charge in [-0.3, -0.25) is 0 Å². The van der Waals surface area contributed by atoms with E-state index >= 15 is 0 Å². The maximum absolute atomic E-state index is 9.53. The van der Waals surface area contributed by atoms with E-state index in [0.29, 0.717) is 0 Å². The highest BCUT2D eigenvalue weighted by Gasteiger charge is 2.26. The molecule has 3 heteroatoms. The van der Waals surface area contributed by atoms with Crippen LogP contribution < -0.4 is 0 Å². The van der Waals surface area contributed by atoms with Crippen molar-refractivity contribution in [3.8, 4) is 0 Å². The van der Waals surface area contributed by atoms with Gasteiger partial charge in [-0.05, 0) is 42.3 Å². The molecule has 0 amide bonds. The van der Waals surface area contributed by atoms with Crippen molar-refractivity contribution in [3.63, 3.8) is 0 Å². The van der Waals surface area contributed by atoms with Crippen LogP contribution in [0.4, 0.5) is 0 Å². The molecule has 1 aromatic rings. The van der Waals surface area contributed by atoms with Crippen LogP contribution in [0.2, 0.25) is 0 Å². The van der Waals surface area contributed by atoms with Gasteiger partial charge in [0, 0.05) is 25.1 Å². The standard InChI is InChI=1S/C13H23NOS/c1-4-13(5-2,11-15)10-14(3)8-12-6-7-16-9-12/h6-7,9,15H,4-5,8,10-11H2,1-3H3. The third-order valence-electron chi connectivity index (χ3n) is 3.47. The summed E-state index contributed by atoms with van der Waals surface area (Å²) in [6, 6.07) is 2.17. The van der Waals surface area contributed by atoms with E-state index in [9.17, 15) is 5.11 Å². The summed E-state index contributed by atoms with van der Waals surface area (Å²) in [7, 11) is 2.13. The van der Waals surface area contributed by atoms with Gasteiger partial charge in [0.25, 0.3) is 0 Å². The molecule has 0 atom stereocenters. The second-order valence-electron chi connectivity index (χ2n) is 4.67. The zero-order valence-electron chi connectivity index (χ0n) is 10.6. The summed E-state index contributed by atoms with van der Waals surface area (Å²) in [5.74, 6) is 0. The van der Waals surface area contributed by atoms with E-state index in [2.05, 4.69) is 42.6 Å². The lowest BCUT2D eigenvalue weighted by molar-refractivity contribution is 0.0731. The zero-order chi connectivity index (χ0) is 12.0. The van der Waals surface area contributed by atoms with Gasteiger partial charge < -0.3 is 10.0 Å². The van der Waals surface area contributed by atoms with Crippen LogP contribution in [0.15, 0.2) is 16.8 Å². The van der Waals surface area contributed by atoms with Crippen molar-refractivity contribution in [2.24, 2.45) is 5.41 Å². The fourth-order valence-electron chi connectivity index (χ4n) is 2.07. The maximum Gasteiger partial charge on any atom is 0.0499 e. The summed E-state index contributed by atoms with van der Waals surface area (Å²) in [6.45, 7) is 6.56. The fourth-order valence-corrected chi connectivity index (χ4v) is 2.73. The molecule has 0 aliphatic rings. The zero-order valence-corrected chi connectivity index (χ0v) is 11.4. The van der Waals surface area contributed by atoms with Crippen molar-refractivity contribution >= 4 is 11.3 Å². The first-order valence-electron chi connectivity index (χ1n) is 5.96. The number of rotatable bonds is 7. The van der Waals surface area contributed by atoms with E-state index in [-0.39, 0.29) is 12.0 Å². The first-order chi connectivity index (χ1) is 7.65. The monoisotopic (exact) mass is 241 g/mol. The second-order valence-corrected chi connectivity index (χ2v) is 5.45. The predicted octanol–water partition coefficient (Wildman–Crippen LogP) is 2.98. The van der Waals surface area contributed by atoms with Crippen LogP contribution in [0, 0.1) is 5.41 Å². The topological polar surface area (TPSA) is 23.5 Å². The van der Waals surface area contributed by atoms with Crippen molar-refractivity contribution in [1.29, 1.82) is 0 Å². The molecule has 1 rings (SSSR count). The Labute approximate surface area is 103 Å². The van der Waals surface area contributed by atoms with E-state index in [1.807, 2.05) is 0 Å². The molecular formula is C13H23NOS. The van der Waals surface area contributed by atoms with E-state index in [0.717, 1.165) is 25.9 Å². The molecule has 0 spiro atoms. The van der Waals surface area contributed by atoms with Crippen molar-refractivity contribution in [2.45, 2.75) is 33.2 Å². The molecule has 1 heterocycles. The van der Waals surface area contributed by atoms with Gasteiger partial charge in [-0.2, -0.15) is 11.3 Å². The van der Waals surface area contributed by atoms with Crippen molar-refractivity contribution < 1.29 is 5.11 Å². The summed E-state index contributed by atoms with van der Waals surface area (Å²) in [4.78, 5) is 2.31. The molecule has 16 heavy (non-hydrogen) atoms. The maximum atomic E-state index is 9.53. The highest BCUT2D eigenvalue weighted by Crippen LogP contribution is 2.27. The molecule has 0 fully saturated rings. The van der Waals surface area contributed by atoms with Gasteiger partial charge in [-0.25, -0.2) is 0 Å². The van der Waals surface area contributed by atoms with Crippen LogP contribution in [0.5, 0.6) is 0 Å². The van der Waals surface area contributed by atoms with Gasteiger partial charge in [-0.1, -0.05) is 13.8 Å². The van der Waals surface area contributed by atoms with Crippen LogP contribution in [0.1, 0.15) is 32.3 Å². The minimum absolute atomic E-state index is 0.0742. The van der Waals surface area contributed by atoms with Crippen molar-refractivity contribution in [1.82, 2.24) is 4.90 Å². The Morgan fingerprint density at radius 1 is 1.38 bits per heavy atom. The van der Waals surface area contributed by atoms with E-state index in [1.165, 1.54) is 5.56 Å². The number of aliphatic hydroxyl groups excluding tert-OH is 1. The Hall–Kier alpha value is -0.380. The Morgan fingerprint density at radius 3 is 2.50 bits per heavy atom. The van der Waals surface area contributed by atoms with Crippen LogP contribution in [-0.2, 0) is 6.54 Å². The molecule has 0 aliphatic heterocycles. The second kappa shape index (κ2) is 6.38. The number of thiophene rings is 1. The average molecular weight is 241 g/mol. The number of hydrogen-bond donors (Lipinski definition) is 1. The van der Waals surface area contributed by atoms with Gasteiger partial charge in [0.2, 0.25) is 0 Å². The molecule has 1 N–H and O–H groups in total. The molecule has 1 aromatic heterocycles. The van der Waals surface area contributed by atoms with Crippen molar-refractivity contribution in [2.75, 3.05) is 20.2 Å². The first-order valence-corrected chi connectivity index (χ1v) is 6.90. The lowest BCUT2D eigenvalue weighted by Crippen LogP contribution is -2.37. The Balaban J connectivity index is 2.51. The fraction of sp³-hybridized carbons (Fsp3) is 0.692. The summed E-state index contributed by atoms with van der Waals surface area (Å²) >= 11 is 1.74. The largest absolute Gasteiger partial charge is 0.396 e. The predicted molar refractivity (Wildman–Crippen MR) is 70.8 cm³/mol. The first kappa shape index (κ1) is 13.7. The molecule has 0 radical (unpaired) electrons. The molecule has 0 saturated heterocycles. The number of aliphatic hydroxyl groups is 1. The van der Waals surface area contributed by atoms with Gasteiger partial charge >= 0.3 is 0 Å². The number of nitrogens with zero attached hydrogens (tertiary/aromatic N) is 1. The molecular weight excluding hydrogens is 218 g/mol. The summed E-state index contributed by atoms with van der Waals surface area (Å²) < 4.78 is 0. The molecule has 0 bridgehead atoms. The van der Waals surface area contributed by atoms with Gasteiger partial charge in [0.15, 0.2) is 0 Å². The Kier molecular flexibility index (Phi) is 5.46. The minimum Gasteiger partial charge on any atom is -0.396 e. The normalized spacial score (nSPS) is 12.3. The van der Waals surface area contributed by atoms with Crippen LogP contribution >= 0.6 is 11.3 Å².